The molecule has 28 heavy (non-hydrogen) atoms. The second-order valence-corrected chi connectivity index (χ2v) is 5.88. The van der Waals surface area contributed by atoms with Crippen LogP contribution < -0.4 is 9.47 Å². The lowest BCUT2D eigenvalue weighted by atomic mass is 9.99. The van der Waals surface area contributed by atoms with E-state index in [4.69, 9.17) is 14.2 Å². The van der Waals surface area contributed by atoms with Crippen molar-refractivity contribution < 1.29 is 34.0 Å². The summed E-state index contributed by atoms with van der Waals surface area (Å²) in [5.74, 6) is -1.44. The lowest BCUT2D eigenvalue weighted by Crippen LogP contribution is -2.12. The molecule has 0 radical (unpaired) electrons. The Bertz CT molecular complexity index is 1040. The first-order chi connectivity index (χ1) is 13.4. The number of methoxy groups -OCH3 is 2. The molecule has 0 spiro atoms. The predicted molar refractivity (Wildman–Crippen MR) is 101 cm³/mol. The number of hydrogen-bond acceptors (Lipinski definition) is 7. The number of ketones is 1. The second kappa shape index (κ2) is 7.51. The quantitative estimate of drug-likeness (QED) is 0.441. The molecular formula is C20H19NO7. The number of phenolic OH excluding ortho intramolecular Hbond substituents is 2. The van der Waals surface area contributed by atoms with Crippen LogP contribution in [0, 0.1) is 0 Å². The van der Waals surface area contributed by atoms with Gasteiger partial charge in [0.25, 0.3) is 0 Å². The van der Waals surface area contributed by atoms with Gasteiger partial charge in [-0.05, 0) is 37.3 Å². The van der Waals surface area contributed by atoms with Crippen molar-refractivity contribution in [2.45, 2.75) is 6.92 Å². The molecule has 0 aliphatic carbocycles. The Balaban J connectivity index is 2.25. The number of benzene rings is 2. The van der Waals surface area contributed by atoms with Crippen LogP contribution in [-0.4, -0.2) is 47.8 Å². The average Bonchev–Trinajstić information content (AvgIpc) is 3.06. The third-order valence-electron chi connectivity index (χ3n) is 4.23. The first kappa shape index (κ1) is 19.1. The molecule has 8 nitrogen and oxygen atoms in total. The van der Waals surface area contributed by atoms with Crippen molar-refractivity contribution in [1.29, 1.82) is 0 Å². The van der Waals surface area contributed by atoms with Crippen molar-refractivity contribution >= 4 is 22.7 Å². The lowest BCUT2D eigenvalue weighted by Gasteiger charge is -2.11. The normalized spacial score (nSPS) is 10.7. The lowest BCUT2D eigenvalue weighted by molar-refractivity contribution is 0.0517. The number of aromatic amines is 1. The highest BCUT2D eigenvalue weighted by Gasteiger charge is 2.27. The summed E-state index contributed by atoms with van der Waals surface area (Å²) in [6.45, 7) is 1.79. The summed E-state index contributed by atoms with van der Waals surface area (Å²) >= 11 is 0. The molecule has 1 aromatic heterocycles. The molecule has 0 bridgehead atoms. The number of hydrogen-bond donors (Lipinski definition) is 3. The van der Waals surface area contributed by atoms with Gasteiger partial charge in [-0.3, -0.25) is 4.79 Å². The van der Waals surface area contributed by atoms with E-state index in [9.17, 15) is 19.8 Å². The van der Waals surface area contributed by atoms with E-state index in [1.165, 1.54) is 38.5 Å². The number of aromatic nitrogens is 1. The van der Waals surface area contributed by atoms with Crippen LogP contribution in [0.15, 0.2) is 30.3 Å². The van der Waals surface area contributed by atoms with Gasteiger partial charge in [0.1, 0.15) is 11.4 Å². The van der Waals surface area contributed by atoms with Crippen LogP contribution in [0.1, 0.15) is 33.3 Å². The maximum absolute atomic E-state index is 13.3. The van der Waals surface area contributed by atoms with E-state index >= 15 is 0 Å². The SMILES string of the molecule is CCOC(=O)c1[nH]c2ccc(O)cc2c1C(=O)c1cc(OC)c(O)c(OC)c1. The molecule has 0 aliphatic heterocycles. The van der Waals surface area contributed by atoms with Crippen molar-refractivity contribution in [3.05, 3.63) is 47.2 Å². The van der Waals surface area contributed by atoms with Crippen LogP contribution in [0.25, 0.3) is 10.9 Å². The summed E-state index contributed by atoms with van der Waals surface area (Å²) < 4.78 is 15.2. The maximum atomic E-state index is 13.3. The molecule has 0 aliphatic rings. The minimum atomic E-state index is -0.695. The first-order valence-corrected chi connectivity index (χ1v) is 8.42. The molecule has 3 aromatic rings. The second-order valence-electron chi connectivity index (χ2n) is 5.88. The Labute approximate surface area is 160 Å². The molecule has 0 unspecified atom stereocenters. The third kappa shape index (κ3) is 3.20. The molecule has 146 valence electrons. The van der Waals surface area contributed by atoms with Crippen molar-refractivity contribution in [3.63, 3.8) is 0 Å². The van der Waals surface area contributed by atoms with E-state index in [0.29, 0.717) is 10.9 Å². The number of carbonyl (C=O) groups is 2. The van der Waals surface area contributed by atoms with Gasteiger partial charge in [-0.2, -0.15) is 0 Å². The van der Waals surface area contributed by atoms with E-state index in [0.717, 1.165) is 0 Å². The van der Waals surface area contributed by atoms with Crippen LogP contribution in [0.2, 0.25) is 0 Å². The molecule has 0 fully saturated rings. The van der Waals surface area contributed by atoms with Gasteiger partial charge in [0.15, 0.2) is 17.3 Å². The fraction of sp³-hybridized carbons (Fsp3) is 0.200. The van der Waals surface area contributed by atoms with E-state index < -0.39 is 11.8 Å². The fourth-order valence-corrected chi connectivity index (χ4v) is 2.94. The standard InChI is InChI=1S/C20H19NO7/c1-4-28-20(25)17-16(12-9-11(22)5-6-13(12)21-17)18(23)10-7-14(26-2)19(24)15(8-10)27-3/h5-9,21-22,24H,4H2,1-3H3. The molecular weight excluding hydrogens is 366 g/mol. The molecule has 3 N–H and O–H groups in total. The van der Waals surface area contributed by atoms with Crippen molar-refractivity contribution in [1.82, 2.24) is 4.98 Å². The molecule has 3 rings (SSSR count). The highest BCUT2D eigenvalue weighted by atomic mass is 16.5. The first-order valence-electron chi connectivity index (χ1n) is 8.42. The van der Waals surface area contributed by atoms with Crippen molar-refractivity contribution in [3.8, 4) is 23.0 Å². The third-order valence-corrected chi connectivity index (χ3v) is 4.23. The Morgan fingerprint density at radius 3 is 2.25 bits per heavy atom. The van der Waals surface area contributed by atoms with Gasteiger partial charge in [-0.1, -0.05) is 0 Å². The Morgan fingerprint density at radius 1 is 1.04 bits per heavy atom. The Morgan fingerprint density at radius 2 is 1.68 bits per heavy atom. The molecule has 0 atom stereocenters. The van der Waals surface area contributed by atoms with Gasteiger partial charge >= 0.3 is 5.97 Å². The topological polar surface area (TPSA) is 118 Å². The number of fused-ring (bicyclic) bond motifs is 1. The van der Waals surface area contributed by atoms with Gasteiger partial charge in [-0.15, -0.1) is 0 Å². The number of carbonyl (C=O) groups excluding carboxylic acids is 2. The fourth-order valence-electron chi connectivity index (χ4n) is 2.94. The number of ether oxygens (including phenoxy) is 3. The zero-order chi connectivity index (χ0) is 20.4. The van der Waals surface area contributed by atoms with Gasteiger partial charge in [0.2, 0.25) is 5.75 Å². The summed E-state index contributed by atoms with van der Waals surface area (Å²) in [6.07, 6.45) is 0. The molecule has 8 heteroatoms. The monoisotopic (exact) mass is 385 g/mol. The maximum Gasteiger partial charge on any atom is 0.355 e. The average molecular weight is 385 g/mol. The van der Waals surface area contributed by atoms with E-state index in [1.807, 2.05) is 0 Å². The van der Waals surface area contributed by atoms with Crippen LogP contribution in [0.5, 0.6) is 23.0 Å². The van der Waals surface area contributed by atoms with E-state index in [2.05, 4.69) is 4.98 Å². The molecule has 2 aromatic carbocycles. The highest BCUT2D eigenvalue weighted by molar-refractivity contribution is 6.21. The van der Waals surface area contributed by atoms with Crippen LogP contribution in [-0.2, 0) is 4.74 Å². The summed E-state index contributed by atoms with van der Waals surface area (Å²) in [4.78, 5) is 28.6. The molecule has 0 saturated carbocycles. The van der Waals surface area contributed by atoms with E-state index in [-0.39, 0.29) is 46.4 Å². The van der Waals surface area contributed by atoms with Gasteiger partial charge in [-0.25, -0.2) is 4.79 Å². The number of rotatable bonds is 6. The summed E-state index contributed by atoms with van der Waals surface area (Å²) in [5.41, 5.74) is 0.626. The van der Waals surface area contributed by atoms with Crippen LogP contribution in [0.3, 0.4) is 0 Å². The minimum absolute atomic E-state index is 0.0292. The molecule has 0 amide bonds. The van der Waals surface area contributed by atoms with Gasteiger partial charge in [0, 0.05) is 16.5 Å². The summed E-state index contributed by atoms with van der Waals surface area (Å²) in [7, 11) is 2.69. The number of phenols is 2. The Kier molecular flexibility index (Phi) is 5.12. The van der Waals surface area contributed by atoms with Gasteiger partial charge < -0.3 is 29.4 Å². The summed E-state index contributed by atoms with van der Waals surface area (Å²) in [6, 6.07) is 7.07. The predicted octanol–water partition coefficient (Wildman–Crippen LogP) is 3.00. The largest absolute Gasteiger partial charge is 0.508 e. The van der Waals surface area contributed by atoms with E-state index in [1.54, 1.807) is 13.0 Å². The van der Waals surface area contributed by atoms with Crippen LogP contribution in [0.4, 0.5) is 0 Å². The molecule has 1 heterocycles. The van der Waals surface area contributed by atoms with Crippen molar-refractivity contribution in [2.75, 3.05) is 20.8 Å². The van der Waals surface area contributed by atoms with Crippen molar-refractivity contribution in [2.24, 2.45) is 0 Å². The minimum Gasteiger partial charge on any atom is -0.508 e. The zero-order valence-electron chi connectivity index (χ0n) is 15.5. The zero-order valence-corrected chi connectivity index (χ0v) is 15.5. The number of esters is 1. The van der Waals surface area contributed by atoms with Crippen LogP contribution >= 0.6 is 0 Å². The van der Waals surface area contributed by atoms with Gasteiger partial charge in [0.05, 0.1) is 26.4 Å². The Hall–Kier alpha value is -3.68. The molecule has 0 saturated heterocycles. The number of H-pyrrole nitrogens is 1. The number of nitrogens with one attached hydrogen (secondary N) is 1. The highest BCUT2D eigenvalue weighted by Crippen LogP contribution is 2.38. The number of aromatic hydroxyl groups is 2. The smallest absolute Gasteiger partial charge is 0.355 e. The summed E-state index contributed by atoms with van der Waals surface area (Å²) in [5, 5.41) is 20.3.